The molecule has 1 aliphatic heterocycles. The van der Waals surface area contributed by atoms with E-state index in [9.17, 15) is 9.90 Å². The Morgan fingerprint density at radius 1 is 1.25 bits per heavy atom. The second-order valence-electron chi connectivity index (χ2n) is 6.96. The minimum absolute atomic E-state index is 0.113. The molecule has 0 bridgehead atoms. The van der Waals surface area contributed by atoms with Gasteiger partial charge in [-0.05, 0) is 24.1 Å². The van der Waals surface area contributed by atoms with Crippen LogP contribution >= 0.6 is 0 Å². The topological polar surface area (TPSA) is 82.1 Å². The van der Waals surface area contributed by atoms with Crippen molar-refractivity contribution in [2.24, 2.45) is 0 Å². The zero-order valence-corrected chi connectivity index (χ0v) is 15.6. The number of nitrogens with zero attached hydrogens (tertiary/aromatic N) is 3. The van der Waals surface area contributed by atoms with Crippen molar-refractivity contribution in [1.82, 2.24) is 19.9 Å². The number of hydrogen-bond acceptors (Lipinski definition) is 5. The number of nitrogens with one attached hydrogen (secondary N) is 1. The van der Waals surface area contributed by atoms with E-state index in [1.54, 1.807) is 18.5 Å². The lowest BCUT2D eigenvalue weighted by Gasteiger charge is -2.28. The van der Waals surface area contributed by atoms with Crippen LogP contribution in [0.3, 0.4) is 0 Å². The van der Waals surface area contributed by atoms with E-state index < -0.39 is 0 Å². The smallest absolute Gasteiger partial charge is 0.255 e. The zero-order chi connectivity index (χ0) is 19.5. The number of H-pyrrole nitrogens is 1. The van der Waals surface area contributed by atoms with Crippen molar-refractivity contribution >= 4 is 0 Å². The van der Waals surface area contributed by atoms with Crippen molar-refractivity contribution in [3.63, 3.8) is 0 Å². The van der Waals surface area contributed by atoms with Crippen molar-refractivity contribution < 1.29 is 5.11 Å². The average Bonchev–Trinajstić information content (AvgIpc) is 2.72. The van der Waals surface area contributed by atoms with Crippen molar-refractivity contribution in [1.29, 1.82) is 0 Å². The molecular weight excluding hydrogens is 352 g/mol. The van der Waals surface area contributed by atoms with E-state index in [1.807, 2.05) is 30.3 Å². The molecule has 0 spiro atoms. The van der Waals surface area contributed by atoms with Gasteiger partial charge in [-0.3, -0.25) is 14.7 Å². The van der Waals surface area contributed by atoms with Crippen LogP contribution in [0.15, 0.2) is 60.2 Å². The molecule has 4 rings (SSSR count). The first-order valence-electron chi connectivity index (χ1n) is 9.31. The fourth-order valence-corrected chi connectivity index (χ4v) is 3.59. The molecule has 28 heavy (non-hydrogen) atoms. The standard InChI is InChI=1S/C22H22N4O2/c1-2-5-15-6-3-7-17(20(15)27)13-26-11-9-19-18(14-26)22(28)25-21(24-19)16-8-4-10-23-12-16/h2-4,6-8,10,12,27H,1,5,9,11,13-14H2,(H,24,25,28). The molecule has 2 N–H and O–H groups in total. The molecule has 0 saturated carbocycles. The molecule has 0 unspecified atom stereocenters. The Kier molecular flexibility index (Phi) is 5.04. The summed E-state index contributed by atoms with van der Waals surface area (Å²) < 4.78 is 0. The molecule has 0 fully saturated rings. The van der Waals surface area contributed by atoms with Crippen LogP contribution in [0.25, 0.3) is 11.4 Å². The van der Waals surface area contributed by atoms with E-state index in [-0.39, 0.29) is 5.56 Å². The van der Waals surface area contributed by atoms with Gasteiger partial charge in [0.15, 0.2) is 0 Å². The first-order valence-corrected chi connectivity index (χ1v) is 9.31. The van der Waals surface area contributed by atoms with Crippen LogP contribution in [0, 0.1) is 0 Å². The molecule has 6 nitrogen and oxygen atoms in total. The molecule has 1 aromatic carbocycles. The van der Waals surface area contributed by atoms with Gasteiger partial charge in [0.05, 0.1) is 11.3 Å². The number of hydrogen-bond donors (Lipinski definition) is 2. The Morgan fingerprint density at radius 2 is 2.11 bits per heavy atom. The van der Waals surface area contributed by atoms with E-state index in [0.29, 0.717) is 43.1 Å². The fraction of sp³-hybridized carbons (Fsp3) is 0.227. The Balaban J connectivity index is 1.57. The number of allylic oxidation sites excluding steroid dienone is 1. The summed E-state index contributed by atoms with van der Waals surface area (Å²) in [6.45, 7) is 5.61. The van der Waals surface area contributed by atoms with E-state index in [4.69, 9.17) is 0 Å². The number of aromatic nitrogens is 3. The second-order valence-corrected chi connectivity index (χ2v) is 6.96. The number of para-hydroxylation sites is 1. The van der Waals surface area contributed by atoms with Gasteiger partial charge >= 0.3 is 0 Å². The lowest BCUT2D eigenvalue weighted by molar-refractivity contribution is 0.238. The Labute approximate surface area is 163 Å². The molecule has 0 saturated heterocycles. The van der Waals surface area contributed by atoms with Gasteiger partial charge in [-0.25, -0.2) is 4.98 Å². The normalized spacial score (nSPS) is 13.9. The van der Waals surface area contributed by atoms with Gasteiger partial charge in [-0.2, -0.15) is 0 Å². The zero-order valence-electron chi connectivity index (χ0n) is 15.6. The van der Waals surface area contributed by atoms with E-state index in [1.165, 1.54) is 0 Å². The quantitative estimate of drug-likeness (QED) is 0.671. The summed E-state index contributed by atoms with van der Waals surface area (Å²) in [7, 11) is 0. The maximum atomic E-state index is 12.7. The molecule has 142 valence electrons. The van der Waals surface area contributed by atoms with Crippen LogP contribution < -0.4 is 5.56 Å². The molecule has 3 heterocycles. The fourth-order valence-electron chi connectivity index (χ4n) is 3.59. The van der Waals surface area contributed by atoms with Gasteiger partial charge in [-0.1, -0.05) is 24.3 Å². The molecule has 1 aliphatic rings. The molecule has 0 amide bonds. The third-order valence-electron chi connectivity index (χ3n) is 5.04. The number of phenols is 1. The Hall–Kier alpha value is -3.25. The van der Waals surface area contributed by atoms with Crippen LogP contribution in [0.5, 0.6) is 5.75 Å². The maximum Gasteiger partial charge on any atom is 0.255 e. The van der Waals surface area contributed by atoms with Crippen LogP contribution in [-0.2, 0) is 25.9 Å². The van der Waals surface area contributed by atoms with Crippen molar-refractivity contribution in [3.05, 3.63) is 88.1 Å². The van der Waals surface area contributed by atoms with Crippen LogP contribution in [0.2, 0.25) is 0 Å². The van der Waals surface area contributed by atoms with Gasteiger partial charge in [0.25, 0.3) is 5.56 Å². The molecule has 0 aliphatic carbocycles. The third-order valence-corrected chi connectivity index (χ3v) is 5.04. The van der Waals surface area contributed by atoms with Crippen LogP contribution in [0.4, 0.5) is 0 Å². The van der Waals surface area contributed by atoms with E-state index in [2.05, 4.69) is 26.4 Å². The predicted molar refractivity (Wildman–Crippen MR) is 108 cm³/mol. The number of aromatic hydroxyl groups is 1. The maximum absolute atomic E-state index is 12.7. The first-order chi connectivity index (χ1) is 13.7. The lowest BCUT2D eigenvalue weighted by Crippen LogP contribution is -2.35. The third kappa shape index (κ3) is 3.59. The predicted octanol–water partition coefficient (Wildman–Crippen LogP) is 2.82. The molecular formula is C22H22N4O2. The van der Waals surface area contributed by atoms with Gasteiger partial charge in [0.1, 0.15) is 11.6 Å². The van der Waals surface area contributed by atoms with Crippen LogP contribution in [0.1, 0.15) is 22.4 Å². The highest BCUT2D eigenvalue weighted by Gasteiger charge is 2.22. The molecule has 2 aromatic heterocycles. The largest absolute Gasteiger partial charge is 0.507 e. The van der Waals surface area contributed by atoms with Crippen molar-refractivity contribution in [2.75, 3.05) is 6.54 Å². The lowest BCUT2D eigenvalue weighted by atomic mass is 10.0. The molecule has 6 heteroatoms. The minimum Gasteiger partial charge on any atom is -0.507 e. The number of rotatable bonds is 5. The number of fused-ring (bicyclic) bond motifs is 1. The highest BCUT2D eigenvalue weighted by molar-refractivity contribution is 5.53. The summed E-state index contributed by atoms with van der Waals surface area (Å²) in [6, 6.07) is 9.47. The Morgan fingerprint density at radius 3 is 2.89 bits per heavy atom. The van der Waals surface area contributed by atoms with Gasteiger partial charge in [0.2, 0.25) is 0 Å². The highest BCUT2D eigenvalue weighted by atomic mass is 16.3. The average molecular weight is 374 g/mol. The first kappa shape index (κ1) is 18.1. The van der Waals surface area contributed by atoms with Crippen LogP contribution in [-0.4, -0.2) is 31.5 Å². The summed E-state index contributed by atoms with van der Waals surface area (Å²) in [5.41, 5.74) is 3.95. The number of pyridine rings is 1. The Bertz CT molecular complexity index is 1060. The summed E-state index contributed by atoms with van der Waals surface area (Å²) in [4.78, 5) is 26.5. The summed E-state index contributed by atoms with van der Waals surface area (Å²) >= 11 is 0. The highest BCUT2D eigenvalue weighted by Crippen LogP contribution is 2.26. The van der Waals surface area contributed by atoms with Gasteiger partial charge in [-0.15, -0.1) is 6.58 Å². The van der Waals surface area contributed by atoms with Crippen molar-refractivity contribution in [2.45, 2.75) is 25.9 Å². The summed E-state index contributed by atoms with van der Waals surface area (Å²) in [5, 5.41) is 10.5. The molecule has 3 aromatic rings. The van der Waals surface area contributed by atoms with Gasteiger partial charge in [0, 0.05) is 49.6 Å². The summed E-state index contributed by atoms with van der Waals surface area (Å²) in [5.74, 6) is 0.868. The number of benzene rings is 1. The minimum atomic E-state index is -0.113. The summed E-state index contributed by atoms with van der Waals surface area (Å²) in [6.07, 6.45) is 6.49. The molecule has 0 atom stereocenters. The van der Waals surface area contributed by atoms with Gasteiger partial charge < -0.3 is 10.1 Å². The second kappa shape index (κ2) is 7.78. The van der Waals surface area contributed by atoms with Crippen molar-refractivity contribution in [3.8, 4) is 17.1 Å². The number of aromatic amines is 1. The number of phenolic OH excluding ortho intramolecular Hbond substituents is 1. The monoisotopic (exact) mass is 374 g/mol. The van der Waals surface area contributed by atoms with E-state index in [0.717, 1.165) is 28.9 Å². The van der Waals surface area contributed by atoms with E-state index >= 15 is 0 Å². The molecule has 0 radical (unpaired) electrons. The SMILES string of the molecule is C=CCc1cccc(CN2CCc3nc(-c4cccnc4)[nH]c(=O)c3C2)c1O.